The number of likely N-dealkylation sites (N-methyl/N-ethyl adjacent to an activating group) is 1. The molecule has 1 fully saturated rings. The van der Waals surface area contributed by atoms with Gasteiger partial charge in [-0.2, -0.15) is 0 Å². The Morgan fingerprint density at radius 1 is 1.40 bits per heavy atom. The highest BCUT2D eigenvalue weighted by molar-refractivity contribution is 5.85. The number of rotatable bonds is 3. The predicted molar refractivity (Wildman–Crippen MR) is 44.8 cm³/mol. The molecule has 1 aliphatic heterocycles. The van der Waals surface area contributed by atoms with Crippen molar-refractivity contribution in [1.82, 2.24) is 5.32 Å². The molecule has 10 heavy (non-hydrogen) atoms. The van der Waals surface area contributed by atoms with Gasteiger partial charge in [0, 0.05) is 0 Å². The molecule has 0 amide bonds. The lowest BCUT2D eigenvalue weighted by molar-refractivity contribution is -0.0751. The minimum absolute atomic E-state index is 0. The molecule has 3 heteroatoms. The van der Waals surface area contributed by atoms with Crippen LogP contribution in [0.15, 0.2) is 0 Å². The fourth-order valence-electron chi connectivity index (χ4n) is 1.15. The smallest absolute Gasteiger partial charge is 0.0671 e. The van der Waals surface area contributed by atoms with E-state index in [1.165, 1.54) is 6.42 Å². The maximum Gasteiger partial charge on any atom is 0.0671 e. The van der Waals surface area contributed by atoms with E-state index in [0.29, 0.717) is 5.54 Å². The summed E-state index contributed by atoms with van der Waals surface area (Å²) in [4.78, 5) is 0. The largest absolute Gasteiger partial charge is 0.377 e. The van der Waals surface area contributed by atoms with E-state index in [2.05, 4.69) is 19.2 Å². The maximum atomic E-state index is 5.12. The summed E-state index contributed by atoms with van der Waals surface area (Å²) in [5.74, 6) is 0. The van der Waals surface area contributed by atoms with Gasteiger partial charge in [0.05, 0.1) is 18.8 Å². The summed E-state index contributed by atoms with van der Waals surface area (Å²) in [5, 5.41) is 3.42. The highest BCUT2D eigenvalue weighted by atomic mass is 35.5. The third-order valence-corrected chi connectivity index (χ3v) is 1.99. The average molecular weight is 166 g/mol. The van der Waals surface area contributed by atoms with E-state index in [-0.39, 0.29) is 12.4 Å². The minimum Gasteiger partial charge on any atom is -0.377 e. The van der Waals surface area contributed by atoms with Crippen LogP contribution < -0.4 is 5.32 Å². The molecule has 0 aromatic carbocycles. The first-order chi connectivity index (χ1) is 4.33. The van der Waals surface area contributed by atoms with E-state index in [0.717, 1.165) is 19.8 Å². The standard InChI is InChI=1S/C7H15NO.ClH/c1-3-7(8-4-2)5-9-6-7;/h8H,3-6H2,1-2H3;1H. The Morgan fingerprint density at radius 2 is 2.00 bits per heavy atom. The summed E-state index contributed by atoms with van der Waals surface area (Å²) in [5.41, 5.74) is 0.342. The Labute approximate surface area is 68.7 Å². The van der Waals surface area contributed by atoms with Crippen molar-refractivity contribution in [3.8, 4) is 0 Å². The molecule has 0 spiro atoms. The van der Waals surface area contributed by atoms with Gasteiger partial charge < -0.3 is 10.1 Å². The highest BCUT2D eigenvalue weighted by Gasteiger charge is 2.35. The zero-order valence-electron chi connectivity index (χ0n) is 6.64. The monoisotopic (exact) mass is 165 g/mol. The SMILES string of the molecule is CCNC1(CC)COC1.Cl. The van der Waals surface area contributed by atoms with Crippen molar-refractivity contribution in [1.29, 1.82) is 0 Å². The number of ether oxygens (including phenoxy) is 1. The summed E-state index contributed by atoms with van der Waals surface area (Å²) in [6, 6.07) is 0. The molecule has 0 radical (unpaired) electrons. The molecule has 1 N–H and O–H groups in total. The first-order valence-electron chi connectivity index (χ1n) is 3.66. The van der Waals surface area contributed by atoms with Crippen LogP contribution in [-0.4, -0.2) is 25.3 Å². The molecular weight excluding hydrogens is 150 g/mol. The maximum absolute atomic E-state index is 5.12. The molecule has 0 aromatic heterocycles. The van der Waals surface area contributed by atoms with Crippen molar-refractivity contribution >= 4 is 12.4 Å². The second-order valence-electron chi connectivity index (χ2n) is 2.66. The fourth-order valence-corrected chi connectivity index (χ4v) is 1.15. The molecule has 0 saturated carbocycles. The van der Waals surface area contributed by atoms with E-state index < -0.39 is 0 Å². The second-order valence-corrected chi connectivity index (χ2v) is 2.66. The summed E-state index contributed by atoms with van der Waals surface area (Å²) in [7, 11) is 0. The summed E-state index contributed by atoms with van der Waals surface area (Å²) in [6.07, 6.45) is 1.18. The van der Waals surface area contributed by atoms with Gasteiger partial charge in [-0.25, -0.2) is 0 Å². The van der Waals surface area contributed by atoms with Crippen molar-refractivity contribution in [2.24, 2.45) is 0 Å². The van der Waals surface area contributed by atoms with E-state index in [9.17, 15) is 0 Å². The van der Waals surface area contributed by atoms with Crippen LogP contribution in [0.3, 0.4) is 0 Å². The average Bonchev–Trinajstić information content (AvgIpc) is 1.79. The molecule has 0 aromatic rings. The van der Waals surface area contributed by atoms with Gasteiger partial charge in [-0.3, -0.25) is 0 Å². The van der Waals surface area contributed by atoms with Crippen LogP contribution in [0.1, 0.15) is 20.3 Å². The molecule has 2 nitrogen and oxygen atoms in total. The van der Waals surface area contributed by atoms with Gasteiger partial charge in [0.25, 0.3) is 0 Å². The lowest BCUT2D eigenvalue weighted by atomic mass is 9.94. The van der Waals surface area contributed by atoms with Crippen LogP contribution in [0.25, 0.3) is 0 Å². The summed E-state index contributed by atoms with van der Waals surface area (Å²) in [6.45, 7) is 7.19. The first kappa shape index (κ1) is 10.2. The molecule has 0 atom stereocenters. The van der Waals surface area contributed by atoms with E-state index >= 15 is 0 Å². The molecule has 0 unspecified atom stereocenters. The van der Waals surface area contributed by atoms with Crippen molar-refractivity contribution < 1.29 is 4.74 Å². The molecule has 1 rings (SSSR count). The Bertz CT molecular complexity index is 88.1. The zero-order valence-corrected chi connectivity index (χ0v) is 7.46. The molecule has 62 valence electrons. The highest BCUT2D eigenvalue weighted by Crippen LogP contribution is 2.19. The predicted octanol–water partition coefficient (Wildman–Crippen LogP) is 1.20. The summed E-state index contributed by atoms with van der Waals surface area (Å²) < 4.78 is 5.12. The number of halogens is 1. The van der Waals surface area contributed by atoms with Crippen LogP contribution in [0.4, 0.5) is 0 Å². The molecule has 0 bridgehead atoms. The van der Waals surface area contributed by atoms with Crippen LogP contribution in [0.5, 0.6) is 0 Å². The topological polar surface area (TPSA) is 21.3 Å². The second kappa shape index (κ2) is 4.16. The van der Waals surface area contributed by atoms with E-state index in [1.54, 1.807) is 0 Å². The Kier molecular flexibility index (Phi) is 4.25. The third-order valence-electron chi connectivity index (χ3n) is 1.99. The van der Waals surface area contributed by atoms with Crippen LogP contribution in [0, 0.1) is 0 Å². The quantitative estimate of drug-likeness (QED) is 0.679. The molecule has 1 aliphatic rings. The normalized spacial score (nSPS) is 21.0. The van der Waals surface area contributed by atoms with Crippen molar-refractivity contribution in [2.75, 3.05) is 19.8 Å². The van der Waals surface area contributed by atoms with Crippen molar-refractivity contribution in [2.45, 2.75) is 25.8 Å². The Hall–Kier alpha value is 0.210. The van der Waals surface area contributed by atoms with Gasteiger partial charge in [-0.05, 0) is 13.0 Å². The lowest BCUT2D eigenvalue weighted by Crippen LogP contribution is -2.59. The molecule has 0 aliphatic carbocycles. The van der Waals surface area contributed by atoms with Gasteiger partial charge in [-0.15, -0.1) is 12.4 Å². The minimum atomic E-state index is 0. The fraction of sp³-hybridized carbons (Fsp3) is 1.00. The summed E-state index contributed by atoms with van der Waals surface area (Å²) >= 11 is 0. The number of hydrogen-bond donors (Lipinski definition) is 1. The van der Waals surface area contributed by atoms with E-state index in [1.807, 2.05) is 0 Å². The zero-order chi connectivity index (χ0) is 6.74. The van der Waals surface area contributed by atoms with Gasteiger partial charge in [0.15, 0.2) is 0 Å². The first-order valence-corrected chi connectivity index (χ1v) is 3.66. The van der Waals surface area contributed by atoms with Crippen LogP contribution >= 0.6 is 12.4 Å². The molecule has 1 saturated heterocycles. The Balaban J connectivity index is 0.000000810. The number of hydrogen-bond acceptors (Lipinski definition) is 2. The van der Waals surface area contributed by atoms with Gasteiger partial charge >= 0.3 is 0 Å². The van der Waals surface area contributed by atoms with Crippen LogP contribution in [0.2, 0.25) is 0 Å². The van der Waals surface area contributed by atoms with Crippen molar-refractivity contribution in [3.63, 3.8) is 0 Å². The van der Waals surface area contributed by atoms with Gasteiger partial charge in [-0.1, -0.05) is 13.8 Å². The van der Waals surface area contributed by atoms with Gasteiger partial charge in [0.1, 0.15) is 0 Å². The molecule has 1 heterocycles. The molecular formula is C7H16ClNO. The lowest BCUT2D eigenvalue weighted by Gasteiger charge is -2.41. The Morgan fingerprint density at radius 3 is 2.10 bits per heavy atom. The third kappa shape index (κ3) is 1.84. The van der Waals surface area contributed by atoms with Gasteiger partial charge in [0.2, 0.25) is 0 Å². The van der Waals surface area contributed by atoms with Crippen molar-refractivity contribution in [3.05, 3.63) is 0 Å². The number of nitrogens with one attached hydrogen (secondary N) is 1. The van der Waals surface area contributed by atoms with Crippen LogP contribution in [-0.2, 0) is 4.74 Å². The van der Waals surface area contributed by atoms with E-state index in [4.69, 9.17) is 4.74 Å².